The monoisotopic (exact) mass is 374 g/mol. The van der Waals surface area contributed by atoms with Crippen LogP contribution >= 0.6 is 27.5 Å². The van der Waals surface area contributed by atoms with Crippen LogP contribution in [0.25, 0.3) is 16.7 Å². The van der Waals surface area contributed by atoms with Gasteiger partial charge in [-0.25, -0.2) is 18.2 Å². The highest BCUT2D eigenvalue weighted by Crippen LogP contribution is 2.28. The summed E-state index contributed by atoms with van der Waals surface area (Å²) in [5.74, 6) is -1.96. The van der Waals surface area contributed by atoms with E-state index in [4.69, 9.17) is 11.6 Å². The van der Waals surface area contributed by atoms with Gasteiger partial charge >= 0.3 is 0 Å². The van der Waals surface area contributed by atoms with Gasteiger partial charge < -0.3 is 0 Å². The molecule has 0 radical (unpaired) electrons. The van der Waals surface area contributed by atoms with E-state index in [1.54, 1.807) is 6.07 Å². The topological polar surface area (TPSA) is 17.8 Å². The Bertz CT molecular complexity index is 848. The lowest BCUT2D eigenvalue weighted by molar-refractivity contribution is 0.590. The summed E-state index contributed by atoms with van der Waals surface area (Å²) in [5.41, 5.74) is 0.208. The Labute approximate surface area is 131 Å². The van der Waals surface area contributed by atoms with Crippen LogP contribution < -0.4 is 0 Å². The number of aromatic nitrogens is 2. The predicted octanol–water partition coefficient (Wildman–Crippen LogP) is 4.94. The largest absolute Gasteiger partial charge is 0.292 e. The van der Waals surface area contributed by atoms with Gasteiger partial charge in [-0.2, -0.15) is 0 Å². The van der Waals surface area contributed by atoms with Crippen LogP contribution in [0.4, 0.5) is 13.2 Å². The van der Waals surface area contributed by atoms with E-state index in [0.717, 1.165) is 12.1 Å². The third kappa shape index (κ3) is 2.42. The fourth-order valence-corrected chi connectivity index (χ4v) is 2.69. The molecule has 0 amide bonds. The fraction of sp³-hybridized carbons (Fsp3) is 0.0714. The highest BCUT2D eigenvalue weighted by molar-refractivity contribution is 9.10. The van der Waals surface area contributed by atoms with E-state index in [0.29, 0.717) is 4.47 Å². The molecule has 0 spiro atoms. The minimum atomic E-state index is -0.812. The number of hydrogen-bond donors (Lipinski definition) is 0. The molecule has 0 aliphatic rings. The van der Waals surface area contributed by atoms with Crippen LogP contribution in [0.3, 0.4) is 0 Å². The number of imidazole rings is 1. The van der Waals surface area contributed by atoms with Crippen molar-refractivity contribution >= 4 is 38.6 Å². The summed E-state index contributed by atoms with van der Waals surface area (Å²) in [6.45, 7) is 0. The molecule has 1 heterocycles. The Kier molecular flexibility index (Phi) is 3.67. The molecule has 0 fully saturated rings. The lowest BCUT2D eigenvalue weighted by atomic mass is 10.2. The zero-order valence-corrected chi connectivity index (χ0v) is 12.7. The molecule has 0 aliphatic heterocycles. The van der Waals surface area contributed by atoms with E-state index >= 15 is 0 Å². The second-order valence-electron chi connectivity index (χ2n) is 4.35. The molecule has 0 saturated heterocycles. The van der Waals surface area contributed by atoms with Gasteiger partial charge in [0, 0.05) is 16.6 Å². The molecule has 0 atom stereocenters. The highest BCUT2D eigenvalue weighted by atomic mass is 79.9. The number of benzene rings is 2. The van der Waals surface area contributed by atoms with E-state index in [1.165, 1.54) is 16.7 Å². The maximum absolute atomic E-state index is 14.1. The van der Waals surface area contributed by atoms with Crippen LogP contribution in [0, 0.1) is 17.5 Å². The van der Waals surface area contributed by atoms with Crippen LogP contribution in [-0.4, -0.2) is 9.55 Å². The SMILES string of the molecule is Fc1cc(F)c2nc(CCl)n(-c3ccc(Br)cc3F)c2c1. The van der Waals surface area contributed by atoms with Crippen molar-refractivity contribution in [2.24, 2.45) is 0 Å². The number of fused-ring (bicyclic) bond motifs is 1. The number of nitrogens with zero attached hydrogens (tertiary/aromatic N) is 2. The van der Waals surface area contributed by atoms with Crippen molar-refractivity contribution in [3.63, 3.8) is 0 Å². The molecule has 0 N–H and O–H groups in total. The van der Waals surface area contributed by atoms with Gasteiger partial charge in [0.1, 0.15) is 23.0 Å². The maximum Gasteiger partial charge on any atom is 0.153 e. The molecule has 108 valence electrons. The van der Waals surface area contributed by atoms with Crippen molar-refractivity contribution in [3.8, 4) is 5.69 Å². The first-order valence-electron chi connectivity index (χ1n) is 5.89. The number of rotatable bonds is 2. The van der Waals surface area contributed by atoms with Gasteiger partial charge in [0.15, 0.2) is 5.82 Å². The van der Waals surface area contributed by atoms with E-state index < -0.39 is 17.5 Å². The first-order valence-corrected chi connectivity index (χ1v) is 7.22. The minimum Gasteiger partial charge on any atom is -0.292 e. The summed E-state index contributed by atoms with van der Waals surface area (Å²) in [7, 11) is 0. The van der Waals surface area contributed by atoms with Gasteiger partial charge in [0.05, 0.1) is 17.1 Å². The quantitative estimate of drug-likeness (QED) is 0.580. The van der Waals surface area contributed by atoms with Gasteiger partial charge in [-0.3, -0.25) is 4.57 Å². The van der Waals surface area contributed by atoms with Crippen molar-refractivity contribution < 1.29 is 13.2 Å². The summed E-state index contributed by atoms with van der Waals surface area (Å²) in [6, 6.07) is 6.20. The van der Waals surface area contributed by atoms with Gasteiger partial charge in [0.25, 0.3) is 0 Å². The Balaban J connectivity index is 2.40. The smallest absolute Gasteiger partial charge is 0.153 e. The normalized spacial score (nSPS) is 11.3. The second kappa shape index (κ2) is 5.35. The fourth-order valence-electron chi connectivity index (χ4n) is 2.17. The molecule has 0 aliphatic carbocycles. The predicted molar refractivity (Wildman–Crippen MR) is 78.2 cm³/mol. The Morgan fingerprint density at radius 1 is 1.10 bits per heavy atom. The summed E-state index contributed by atoms with van der Waals surface area (Å²) >= 11 is 8.96. The van der Waals surface area contributed by atoms with Crippen LogP contribution in [0.5, 0.6) is 0 Å². The summed E-state index contributed by atoms with van der Waals surface area (Å²) in [6.07, 6.45) is 0. The third-order valence-corrected chi connectivity index (χ3v) is 3.75. The van der Waals surface area contributed by atoms with Crippen LogP contribution in [0.2, 0.25) is 0 Å². The zero-order valence-electron chi connectivity index (χ0n) is 10.4. The average molecular weight is 376 g/mol. The molecule has 2 aromatic carbocycles. The van der Waals surface area contributed by atoms with Gasteiger partial charge in [-0.05, 0) is 18.2 Å². The van der Waals surface area contributed by atoms with Crippen molar-refractivity contribution in [2.45, 2.75) is 5.88 Å². The highest BCUT2D eigenvalue weighted by Gasteiger charge is 2.18. The van der Waals surface area contributed by atoms with Gasteiger partial charge in [-0.15, -0.1) is 11.6 Å². The van der Waals surface area contributed by atoms with E-state index in [9.17, 15) is 13.2 Å². The van der Waals surface area contributed by atoms with E-state index in [1.807, 2.05) is 0 Å². The first kappa shape index (κ1) is 14.4. The Hall–Kier alpha value is -1.53. The van der Waals surface area contributed by atoms with Crippen molar-refractivity contribution in [3.05, 3.63) is 58.1 Å². The lowest BCUT2D eigenvalue weighted by Crippen LogP contribution is -2.02. The van der Waals surface area contributed by atoms with Crippen molar-refractivity contribution in [2.75, 3.05) is 0 Å². The Morgan fingerprint density at radius 2 is 1.86 bits per heavy atom. The van der Waals surface area contributed by atoms with Crippen LogP contribution in [-0.2, 0) is 5.88 Å². The zero-order chi connectivity index (χ0) is 15.1. The molecule has 0 unspecified atom stereocenters. The maximum atomic E-state index is 14.1. The average Bonchev–Trinajstić information content (AvgIpc) is 2.77. The van der Waals surface area contributed by atoms with Crippen molar-refractivity contribution in [1.29, 1.82) is 0 Å². The molecular formula is C14H7BrClF3N2. The molecule has 3 rings (SSSR count). The van der Waals surface area contributed by atoms with E-state index in [-0.39, 0.29) is 28.4 Å². The van der Waals surface area contributed by atoms with Gasteiger partial charge in [0.2, 0.25) is 0 Å². The minimum absolute atomic E-state index is 0.0469. The number of halogens is 5. The molecular weight excluding hydrogens is 369 g/mol. The molecule has 1 aromatic heterocycles. The number of alkyl halides is 1. The molecule has 2 nitrogen and oxygen atoms in total. The van der Waals surface area contributed by atoms with Gasteiger partial charge in [-0.1, -0.05) is 15.9 Å². The van der Waals surface area contributed by atoms with Crippen LogP contribution in [0.1, 0.15) is 5.82 Å². The summed E-state index contributed by atoms with van der Waals surface area (Å²) in [4.78, 5) is 4.02. The first-order chi connectivity index (χ1) is 10.0. The standard InChI is InChI=1S/C14H7BrClF3N2/c15-7-1-2-11(9(18)3-7)21-12-5-8(17)4-10(19)14(12)20-13(21)6-16/h1-5H,6H2. The van der Waals surface area contributed by atoms with Crippen LogP contribution in [0.15, 0.2) is 34.8 Å². The molecule has 21 heavy (non-hydrogen) atoms. The third-order valence-electron chi connectivity index (χ3n) is 3.02. The molecule has 7 heteroatoms. The molecule has 3 aromatic rings. The Morgan fingerprint density at radius 3 is 2.52 bits per heavy atom. The summed E-state index contributed by atoms with van der Waals surface area (Å²) in [5, 5.41) is 0. The second-order valence-corrected chi connectivity index (χ2v) is 5.53. The van der Waals surface area contributed by atoms with Crippen molar-refractivity contribution in [1.82, 2.24) is 9.55 Å². The molecule has 0 saturated carbocycles. The molecule has 0 bridgehead atoms. The summed E-state index contributed by atoms with van der Waals surface area (Å²) < 4.78 is 43.3. The number of hydrogen-bond acceptors (Lipinski definition) is 1. The van der Waals surface area contributed by atoms with E-state index in [2.05, 4.69) is 20.9 Å². The lowest BCUT2D eigenvalue weighted by Gasteiger charge is -2.09.